The number of aliphatic hydroxyl groups is 2. The van der Waals surface area contributed by atoms with Crippen molar-refractivity contribution >= 4 is 5.82 Å². The molecule has 0 saturated carbocycles. The van der Waals surface area contributed by atoms with Gasteiger partial charge in [-0.2, -0.15) is 0 Å². The van der Waals surface area contributed by atoms with Crippen LogP contribution in [0.1, 0.15) is 44.4 Å². The Labute approximate surface area is 116 Å². The summed E-state index contributed by atoms with van der Waals surface area (Å²) < 4.78 is 0. The summed E-state index contributed by atoms with van der Waals surface area (Å²) in [6.45, 7) is 5.91. The van der Waals surface area contributed by atoms with E-state index in [4.69, 9.17) is 0 Å². The zero-order chi connectivity index (χ0) is 14.1. The van der Waals surface area contributed by atoms with Gasteiger partial charge in [0.05, 0.1) is 13.2 Å². The van der Waals surface area contributed by atoms with Crippen LogP contribution in [0.5, 0.6) is 0 Å². The molecule has 2 N–H and O–H groups in total. The molecule has 1 aromatic heterocycles. The molecule has 0 aliphatic carbocycles. The van der Waals surface area contributed by atoms with Crippen molar-refractivity contribution in [3.63, 3.8) is 0 Å². The summed E-state index contributed by atoms with van der Waals surface area (Å²) in [7, 11) is 0. The number of unbranched alkanes of at least 4 members (excludes halogenated alkanes) is 1. The van der Waals surface area contributed by atoms with Crippen LogP contribution in [0, 0.1) is 0 Å². The Bertz CT molecular complexity index is 369. The highest BCUT2D eigenvalue weighted by molar-refractivity contribution is 5.42. The fraction of sp³-hybridized carbons (Fsp3) is 0.667. The van der Waals surface area contributed by atoms with E-state index in [9.17, 15) is 10.2 Å². The van der Waals surface area contributed by atoms with E-state index in [2.05, 4.69) is 23.7 Å². The van der Waals surface area contributed by atoms with Gasteiger partial charge in [0.1, 0.15) is 5.82 Å². The second-order valence-corrected chi connectivity index (χ2v) is 4.80. The Kier molecular flexibility index (Phi) is 7.45. The Hall–Kier alpha value is -1.13. The highest BCUT2D eigenvalue weighted by Gasteiger charge is 2.09. The second kappa shape index (κ2) is 8.88. The molecule has 0 spiro atoms. The topological polar surface area (TPSA) is 56.6 Å². The van der Waals surface area contributed by atoms with Gasteiger partial charge in [-0.1, -0.05) is 26.7 Å². The molecule has 0 atom stereocenters. The van der Waals surface area contributed by atoms with Crippen molar-refractivity contribution in [1.82, 2.24) is 4.98 Å². The first kappa shape index (κ1) is 15.9. The van der Waals surface area contributed by atoms with Crippen molar-refractivity contribution in [1.29, 1.82) is 0 Å². The molecule has 4 nitrogen and oxygen atoms in total. The van der Waals surface area contributed by atoms with E-state index < -0.39 is 0 Å². The average Bonchev–Trinajstić information content (AvgIpc) is 2.43. The van der Waals surface area contributed by atoms with E-state index in [0.29, 0.717) is 6.54 Å². The molecule has 0 bridgehead atoms. The van der Waals surface area contributed by atoms with Crippen molar-refractivity contribution in [2.45, 2.75) is 46.1 Å². The number of aryl methyl sites for hydroxylation is 1. The van der Waals surface area contributed by atoms with E-state index in [1.54, 1.807) is 0 Å². The fourth-order valence-corrected chi connectivity index (χ4v) is 2.08. The number of anilines is 1. The third kappa shape index (κ3) is 5.17. The molecule has 0 fully saturated rings. The van der Waals surface area contributed by atoms with Crippen LogP contribution < -0.4 is 4.90 Å². The van der Waals surface area contributed by atoms with Crippen molar-refractivity contribution in [2.24, 2.45) is 0 Å². The van der Waals surface area contributed by atoms with Gasteiger partial charge in [-0.3, -0.25) is 0 Å². The molecular weight excluding hydrogens is 240 g/mol. The zero-order valence-electron chi connectivity index (χ0n) is 12.1. The molecule has 0 aliphatic rings. The predicted molar refractivity (Wildman–Crippen MR) is 78.4 cm³/mol. The summed E-state index contributed by atoms with van der Waals surface area (Å²) >= 11 is 0. The lowest BCUT2D eigenvalue weighted by Crippen LogP contribution is -2.29. The molecule has 108 valence electrons. The minimum absolute atomic E-state index is 0.0347. The van der Waals surface area contributed by atoms with Crippen molar-refractivity contribution in [3.8, 4) is 0 Å². The maximum atomic E-state index is 9.35. The van der Waals surface area contributed by atoms with Crippen LogP contribution in [0.25, 0.3) is 0 Å². The van der Waals surface area contributed by atoms with Crippen LogP contribution >= 0.6 is 0 Å². The minimum atomic E-state index is 0.0347. The molecule has 0 aliphatic heterocycles. The molecular formula is C15H26N2O2. The highest BCUT2D eigenvalue weighted by Crippen LogP contribution is 2.17. The van der Waals surface area contributed by atoms with Gasteiger partial charge in [-0.05, 0) is 30.5 Å². The molecule has 19 heavy (non-hydrogen) atoms. The first-order valence-corrected chi connectivity index (χ1v) is 7.21. The number of hydrogen-bond acceptors (Lipinski definition) is 4. The van der Waals surface area contributed by atoms with Gasteiger partial charge < -0.3 is 15.1 Å². The molecule has 0 amide bonds. The molecule has 0 unspecified atom stereocenters. The second-order valence-electron chi connectivity index (χ2n) is 4.80. The van der Waals surface area contributed by atoms with Gasteiger partial charge >= 0.3 is 0 Å². The number of nitrogens with zero attached hydrogens (tertiary/aromatic N) is 2. The Morgan fingerprint density at radius 2 is 1.89 bits per heavy atom. The summed E-state index contributed by atoms with van der Waals surface area (Å²) in [6.07, 6.45) is 4.15. The predicted octanol–water partition coefficient (Wildman–Crippen LogP) is 2.13. The molecule has 4 heteroatoms. The highest BCUT2D eigenvalue weighted by atomic mass is 16.3. The number of hydrogen-bond donors (Lipinski definition) is 2. The SMILES string of the molecule is CCCCN(CCO)c1cc(CO)cc(CCC)n1. The normalized spacial score (nSPS) is 10.7. The molecule has 1 rings (SSSR count). The molecule has 0 saturated heterocycles. The molecule has 0 radical (unpaired) electrons. The first-order valence-electron chi connectivity index (χ1n) is 7.21. The summed E-state index contributed by atoms with van der Waals surface area (Å²) in [5.74, 6) is 0.873. The summed E-state index contributed by atoms with van der Waals surface area (Å²) in [5.41, 5.74) is 1.91. The largest absolute Gasteiger partial charge is 0.395 e. The van der Waals surface area contributed by atoms with E-state index in [-0.39, 0.29) is 13.2 Å². The lowest BCUT2D eigenvalue weighted by atomic mass is 10.1. The molecule has 1 aromatic rings. The van der Waals surface area contributed by atoms with Gasteiger partial charge in [-0.15, -0.1) is 0 Å². The van der Waals surface area contributed by atoms with E-state index in [0.717, 1.165) is 49.3 Å². The monoisotopic (exact) mass is 266 g/mol. The zero-order valence-corrected chi connectivity index (χ0v) is 12.1. The summed E-state index contributed by atoms with van der Waals surface area (Å²) in [4.78, 5) is 6.75. The van der Waals surface area contributed by atoms with Crippen LogP contribution in [0.2, 0.25) is 0 Å². The van der Waals surface area contributed by atoms with E-state index in [1.165, 1.54) is 0 Å². The Balaban J connectivity index is 2.95. The maximum Gasteiger partial charge on any atom is 0.129 e. The van der Waals surface area contributed by atoms with Gasteiger partial charge in [0.2, 0.25) is 0 Å². The van der Waals surface area contributed by atoms with Crippen LogP contribution in [0.15, 0.2) is 12.1 Å². The van der Waals surface area contributed by atoms with Crippen molar-refractivity contribution < 1.29 is 10.2 Å². The van der Waals surface area contributed by atoms with Crippen LogP contribution in [0.3, 0.4) is 0 Å². The molecule has 0 aromatic carbocycles. The van der Waals surface area contributed by atoms with Crippen molar-refractivity contribution in [3.05, 3.63) is 23.4 Å². The number of aliphatic hydroxyl groups excluding tert-OH is 2. The lowest BCUT2D eigenvalue weighted by Gasteiger charge is -2.23. The number of aromatic nitrogens is 1. The van der Waals surface area contributed by atoms with Crippen molar-refractivity contribution in [2.75, 3.05) is 24.6 Å². The number of pyridine rings is 1. The maximum absolute atomic E-state index is 9.35. The quantitative estimate of drug-likeness (QED) is 0.719. The lowest BCUT2D eigenvalue weighted by molar-refractivity contribution is 0.281. The van der Waals surface area contributed by atoms with E-state index in [1.807, 2.05) is 12.1 Å². The summed E-state index contributed by atoms with van der Waals surface area (Å²) in [5, 5.41) is 18.5. The summed E-state index contributed by atoms with van der Waals surface area (Å²) in [6, 6.07) is 3.88. The minimum Gasteiger partial charge on any atom is -0.395 e. The first-order chi connectivity index (χ1) is 9.24. The fourth-order valence-electron chi connectivity index (χ4n) is 2.08. The van der Waals surface area contributed by atoms with Gasteiger partial charge in [0, 0.05) is 18.8 Å². The van der Waals surface area contributed by atoms with Crippen LogP contribution in [-0.2, 0) is 13.0 Å². The third-order valence-electron chi connectivity index (χ3n) is 3.09. The molecule has 1 heterocycles. The van der Waals surface area contributed by atoms with Gasteiger partial charge in [0.15, 0.2) is 0 Å². The Morgan fingerprint density at radius 3 is 2.47 bits per heavy atom. The van der Waals surface area contributed by atoms with Crippen LogP contribution in [-0.4, -0.2) is 34.9 Å². The van der Waals surface area contributed by atoms with Crippen LogP contribution in [0.4, 0.5) is 5.82 Å². The standard InChI is InChI=1S/C15H26N2O2/c1-3-5-7-17(8-9-18)15-11-13(12-19)10-14(16-15)6-4-2/h10-11,18-19H,3-9,12H2,1-2H3. The Morgan fingerprint density at radius 1 is 1.11 bits per heavy atom. The smallest absolute Gasteiger partial charge is 0.129 e. The van der Waals surface area contributed by atoms with E-state index >= 15 is 0 Å². The third-order valence-corrected chi connectivity index (χ3v) is 3.09. The van der Waals surface area contributed by atoms with Gasteiger partial charge in [0.25, 0.3) is 0 Å². The average molecular weight is 266 g/mol. The number of rotatable bonds is 9. The van der Waals surface area contributed by atoms with Gasteiger partial charge in [-0.25, -0.2) is 4.98 Å².